The Morgan fingerprint density at radius 2 is 1.56 bits per heavy atom. The van der Waals surface area contributed by atoms with E-state index in [1.165, 1.54) is 0 Å². The maximum Gasteiger partial charge on any atom is 0.0852 e. The Balaban J connectivity index is 3.88. The van der Waals surface area contributed by atoms with Crippen molar-refractivity contribution >= 4 is 0 Å². The van der Waals surface area contributed by atoms with Crippen molar-refractivity contribution in [2.24, 2.45) is 5.92 Å². The molecule has 0 saturated heterocycles. The van der Waals surface area contributed by atoms with Crippen LogP contribution < -0.4 is 0 Å². The fourth-order valence-corrected chi connectivity index (χ4v) is 0.816. The van der Waals surface area contributed by atoms with Crippen molar-refractivity contribution in [1.82, 2.24) is 0 Å². The Morgan fingerprint density at radius 1 is 1.22 bits per heavy atom. The minimum atomic E-state index is -0.964. The zero-order valence-electron chi connectivity index (χ0n) is 6.55. The number of rotatable bonds is 2. The van der Waals surface area contributed by atoms with E-state index in [9.17, 15) is 10.2 Å². The van der Waals surface area contributed by atoms with Gasteiger partial charge >= 0.3 is 0 Å². The van der Waals surface area contributed by atoms with Gasteiger partial charge in [-0.25, -0.2) is 0 Å². The standard InChI is InChI=1S/C7H16O2/c1-5(2)6(8)7(3,4)9/h5-6,8-9H,1-4H3/t6-/m0/s1. The zero-order valence-corrected chi connectivity index (χ0v) is 6.55. The molecule has 0 rings (SSSR count). The van der Waals surface area contributed by atoms with E-state index in [1.807, 2.05) is 13.8 Å². The van der Waals surface area contributed by atoms with Gasteiger partial charge in [0.1, 0.15) is 0 Å². The van der Waals surface area contributed by atoms with Crippen LogP contribution in [-0.4, -0.2) is 21.9 Å². The van der Waals surface area contributed by atoms with E-state index in [1.54, 1.807) is 13.8 Å². The largest absolute Gasteiger partial charge is 0.390 e. The average Bonchev–Trinajstić information content (AvgIpc) is 1.62. The molecule has 0 aromatic heterocycles. The van der Waals surface area contributed by atoms with Crippen LogP contribution in [0.1, 0.15) is 27.7 Å². The van der Waals surface area contributed by atoms with Crippen molar-refractivity contribution < 1.29 is 10.2 Å². The van der Waals surface area contributed by atoms with Crippen molar-refractivity contribution in [3.8, 4) is 0 Å². The SMILES string of the molecule is CC(C)[C@H](O)C(C)(C)O. The summed E-state index contributed by atoms with van der Waals surface area (Å²) < 4.78 is 0. The van der Waals surface area contributed by atoms with E-state index in [-0.39, 0.29) is 5.92 Å². The maximum absolute atomic E-state index is 9.21. The Hall–Kier alpha value is -0.0800. The van der Waals surface area contributed by atoms with E-state index in [2.05, 4.69) is 0 Å². The monoisotopic (exact) mass is 132 g/mol. The highest BCUT2D eigenvalue weighted by molar-refractivity contribution is 4.78. The summed E-state index contributed by atoms with van der Waals surface area (Å²) in [5.74, 6) is 0.116. The topological polar surface area (TPSA) is 40.5 Å². The van der Waals surface area contributed by atoms with Gasteiger partial charge in [-0.2, -0.15) is 0 Å². The van der Waals surface area contributed by atoms with E-state index in [0.29, 0.717) is 0 Å². The molecule has 0 aliphatic rings. The first-order valence-corrected chi connectivity index (χ1v) is 3.26. The summed E-state index contributed by atoms with van der Waals surface area (Å²) in [6.45, 7) is 6.97. The van der Waals surface area contributed by atoms with Gasteiger partial charge in [0, 0.05) is 0 Å². The molecule has 2 heteroatoms. The van der Waals surface area contributed by atoms with Crippen LogP contribution in [0.3, 0.4) is 0 Å². The molecule has 0 unspecified atom stereocenters. The van der Waals surface area contributed by atoms with Crippen molar-refractivity contribution in [2.75, 3.05) is 0 Å². The first-order valence-electron chi connectivity index (χ1n) is 3.26. The molecule has 0 heterocycles. The number of hydrogen-bond acceptors (Lipinski definition) is 2. The minimum Gasteiger partial charge on any atom is -0.390 e. The lowest BCUT2D eigenvalue weighted by Gasteiger charge is -2.27. The Labute approximate surface area is 56.5 Å². The number of hydrogen-bond donors (Lipinski definition) is 2. The first kappa shape index (κ1) is 8.92. The Bertz CT molecular complexity index is 81.4. The normalized spacial score (nSPS) is 16.3. The molecule has 0 fully saturated rings. The third kappa shape index (κ3) is 2.82. The fourth-order valence-electron chi connectivity index (χ4n) is 0.816. The van der Waals surface area contributed by atoms with Crippen molar-refractivity contribution in [3.05, 3.63) is 0 Å². The maximum atomic E-state index is 9.21. The van der Waals surface area contributed by atoms with Gasteiger partial charge in [0.25, 0.3) is 0 Å². The predicted molar refractivity (Wildman–Crippen MR) is 37.1 cm³/mol. The second-order valence-electron chi connectivity index (χ2n) is 3.34. The van der Waals surface area contributed by atoms with Crippen molar-refractivity contribution in [3.63, 3.8) is 0 Å². The van der Waals surface area contributed by atoms with Crippen LogP contribution in [-0.2, 0) is 0 Å². The predicted octanol–water partition coefficient (Wildman–Crippen LogP) is 0.774. The molecule has 0 radical (unpaired) electrons. The molecular formula is C7H16O2. The van der Waals surface area contributed by atoms with Gasteiger partial charge in [-0.1, -0.05) is 13.8 Å². The highest BCUT2D eigenvalue weighted by Gasteiger charge is 2.26. The summed E-state index contributed by atoms with van der Waals surface area (Å²) in [4.78, 5) is 0. The second-order valence-corrected chi connectivity index (χ2v) is 3.34. The molecular weight excluding hydrogens is 116 g/mol. The summed E-state index contributed by atoms with van der Waals surface area (Å²) in [5.41, 5.74) is -0.964. The lowest BCUT2D eigenvalue weighted by molar-refractivity contribution is -0.0695. The van der Waals surface area contributed by atoms with Gasteiger partial charge in [0.2, 0.25) is 0 Å². The van der Waals surface area contributed by atoms with Crippen LogP contribution in [0.25, 0.3) is 0 Å². The van der Waals surface area contributed by atoms with Crippen LogP contribution in [0.5, 0.6) is 0 Å². The van der Waals surface area contributed by atoms with Gasteiger partial charge < -0.3 is 10.2 Å². The zero-order chi connectivity index (χ0) is 7.65. The molecule has 0 aliphatic carbocycles. The van der Waals surface area contributed by atoms with Crippen molar-refractivity contribution in [1.29, 1.82) is 0 Å². The van der Waals surface area contributed by atoms with Gasteiger partial charge in [0.05, 0.1) is 11.7 Å². The molecule has 0 spiro atoms. The molecule has 0 bridgehead atoms. The first-order chi connectivity index (χ1) is 3.85. The van der Waals surface area contributed by atoms with E-state index in [0.717, 1.165) is 0 Å². The molecule has 0 saturated carbocycles. The molecule has 0 aliphatic heterocycles. The average molecular weight is 132 g/mol. The van der Waals surface area contributed by atoms with Crippen molar-refractivity contribution in [2.45, 2.75) is 39.4 Å². The van der Waals surface area contributed by atoms with Gasteiger partial charge in [-0.05, 0) is 19.8 Å². The molecule has 1 atom stereocenters. The lowest BCUT2D eigenvalue weighted by atomic mass is 9.93. The van der Waals surface area contributed by atoms with Crippen LogP contribution in [0, 0.1) is 5.92 Å². The molecule has 2 nitrogen and oxygen atoms in total. The lowest BCUT2D eigenvalue weighted by Crippen LogP contribution is -2.39. The molecule has 9 heavy (non-hydrogen) atoms. The molecule has 56 valence electrons. The number of aliphatic hydroxyl groups is 2. The molecule has 2 N–H and O–H groups in total. The van der Waals surface area contributed by atoms with Gasteiger partial charge in [-0.15, -0.1) is 0 Å². The molecule has 0 aromatic rings. The van der Waals surface area contributed by atoms with Crippen LogP contribution in [0.2, 0.25) is 0 Å². The van der Waals surface area contributed by atoms with Gasteiger partial charge in [-0.3, -0.25) is 0 Å². The Morgan fingerprint density at radius 3 is 1.56 bits per heavy atom. The van der Waals surface area contributed by atoms with Crippen LogP contribution in [0.4, 0.5) is 0 Å². The highest BCUT2D eigenvalue weighted by atomic mass is 16.3. The third-order valence-corrected chi connectivity index (χ3v) is 1.36. The van der Waals surface area contributed by atoms with E-state index in [4.69, 9.17) is 0 Å². The quantitative estimate of drug-likeness (QED) is 0.582. The molecule has 0 amide bonds. The smallest absolute Gasteiger partial charge is 0.0852 e. The summed E-state index contributed by atoms with van der Waals surface area (Å²) in [6.07, 6.45) is -0.627. The number of aliphatic hydroxyl groups excluding tert-OH is 1. The van der Waals surface area contributed by atoms with Gasteiger partial charge in [0.15, 0.2) is 0 Å². The summed E-state index contributed by atoms with van der Waals surface area (Å²) in [7, 11) is 0. The summed E-state index contributed by atoms with van der Waals surface area (Å²) in [5, 5.41) is 18.4. The fraction of sp³-hybridized carbons (Fsp3) is 1.00. The summed E-state index contributed by atoms with van der Waals surface area (Å²) >= 11 is 0. The molecule has 0 aromatic carbocycles. The van der Waals surface area contributed by atoms with E-state index >= 15 is 0 Å². The third-order valence-electron chi connectivity index (χ3n) is 1.36. The second kappa shape index (κ2) is 2.67. The van der Waals surface area contributed by atoms with E-state index < -0.39 is 11.7 Å². The Kier molecular flexibility index (Phi) is 2.65. The summed E-state index contributed by atoms with van der Waals surface area (Å²) in [6, 6.07) is 0. The highest BCUT2D eigenvalue weighted by Crippen LogP contribution is 2.15. The van der Waals surface area contributed by atoms with Crippen LogP contribution in [0.15, 0.2) is 0 Å². The minimum absolute atomic E-state index is 0.116. The van der Waals surface area contributed by atoms with Crippen LogP contribution >= 0.6 is 0 Å².